The molecule has 3 rings (SSSR count). The van der Waals surface area contributed by atoms with Gasteiger partial charge in [-0.05, 0) is 32.4 Å². The molecule has 1 aliphatic heterocycles. The maximum atomic E-state index is 5.93. The van der Waals surface area contributed by atoms with Crippen LogP contribution in [0.1, 0.15) is 34.8 Å². The molecule has 0 saturated carbocycles. The van der Waals surface area contributed by atoms with E-state index in [1.807, 2.05) is 22.2 Å². The molecular weight excluding hydrogens is 282 g/mol. The van der Waals surface area contributed by atoms with Gasteiger partial charge in [0.05, 0.1) is 12.3 Å². The number of ether oxygens (including phenoxy) is 1. The third kappa shape index (κ3) is 3.54. The third-order valence-corrected chi connectivity index (χ3v) is 5.02. The summed E-state index contributed by atoms with van der Waals surface area (Å²) in [6.45, 7) is 7.98. The molecule has 0 amide bonds. The van der Waals surface area contributed by atoms with Gasteiger partial charge in [-0.15, -0.1) is 11.3 Å². The molecule has 5 heteroatoms. The summed E-state index contributed by atoms with van der Waals surface area (Å²) in [7, 11) is 0. The quantitative estimate of drug-likeness (QED) is 0.891. The molecule has 2 aromatic rings. The molecule has 1 N–H and O–H groups in total. The molecule has 1 fully saturated rings. The van der Waals surface area contributed by atoms with Crippen molar-refractivity contribution in [3.8, 4) is 0 Å². The highest BCUT2D eigenvalue weighted by Crippen LogP contribution is 2.33. The number of thiophene rings is 1. The average Bonchev–Trinajstić information content (AvgIpc) is 3.19. The molecule has 3 heterocycles. The fraction of sp³-hybridized carbons (Fsp3) is 0.562. The minimum atomic E-state index is 0.197. The molecule has 0 unspecified atom stereocenters. The number of hydrogen-bond donors (Lipinski definition) is 1. The molecular formula is C16H23N3OS. The fourth-order valence-electron chi connectivity index (χ4n) is 2.87. The number of nitrogens with one attached hydrogen (secondary N) is 1. The van der Waals surface area contributed by atoms with Crippen LogP contribution < -0.4 is 5.32 Å². The predicted molar refractivity (Wildman–Crippen MR) is 85.5 cm³/mol. The number of hydrogen-bond acceptors (Lipinski definition) is 4. The Balaban J connectivity index is 1.54. The largest absolute Gasteiger partial charge is 0.373 e. The molecule has 4 nitrogen and oxygen atoms in total. The number of nitrogens with zero attached hydrogens (tertiary/aromatic N) is 2. The van der Waals surface area contributed by atoms with Gasteiger partial charge in [-0.25, -0.2) is 0 Å². The highest BCUT2D eigenvalue weighted by Gasteiger charge is 2.30. The summed E-state index contributed by atoms with van der Waals surface area (Å²) >= 11 is 1.87. The van der Waals surface area contributed by atoms with Crippen LogP contribution in [0.15, 0.2) is 24.5 Å². The van der Waals surface area contributed by atoms with Crippen molar-refractivity contribution in [2.75, 3.05) is 13.2 Å². The van der Waals surface area contributed by atoms with Crippen molar-refractivity contribution < 1.29 is 4.74 Å². The van der Waals surface area contributed by atoms with Crippen molar-refractivity contribution in [2.24, 2.45) is 5.92 Å². The van der Waals surface area contributed by atoms with E-state index < -0.39 is 0 Å². The SMILES string of the molecule is CCn1cc([C@@H]2OCC[C@H]2CNCc2ccc(C)s2)cn1. The topological polar surface area (TPSA) is 39.1 Å². The van der Waals surface area contributed by atoms with Gasteiger partial charge in [0.2, 0.25) is 0 Å². The molecule has 0 bridgehead atoms. The zero-order chi connectivity index (χ0) is 14.7. The molecule has 21 heavy (non-hydrogen) atoms. The molecule has 0 spiro atoms. The van der Waals surface area contributed by atoms with E-state index in [2.05, 4.69) is 42.6 Å². The van der Waals surface area contributed by atoms with Gasteiger partial charge in [-0.2, -0.15) is 5.10 Å². The van der Waals surface area contributed by atoms with Crippen LogP contribution in [-0.4, -0.2) is 22.9 Å². The van der Waals surface area contributed by atoms with Crippen LogP contribution >= 0.6 is 11.3 Å². The first-order valence-electron chi connectivity index (χ1n) is 7.66. The number of rotatable bonds is 6. The smallest absolute Gasteiger partial charge is 0.0896 e. The average molecular weight is 305 g/mol. The Morgan fingerprint density at radius 1 is 1.48 bits per heavy atom. The number of aromatic nitrogens is 2. The van der Waals surface area contributed by atoms with Gasteiger partial charge in [0, 0.05) is 53.7 Å². The second-order valence-corrected chi connectivity index (χ2v) is 6.99. The first-order valence-corrected chi connectivity index (χ1v) is 8.48. The monoisotopic (exact) mass is 305 g/mol. The number of aryl methyl sites for hydroxylation is 2. The van der Waals surface area contributed by atoms with Crippen LogP contribution in [0.4, 0.5) is 0 Å². The highest BCUT2D eigenvalue weighted by atomic mass is 32.1. The summed E-state index contributed by atoms with van der Waals surface area (Å²) in [4.78, 5) is 2.78. The van der Waals surface area contributed by atoms with Gasteiger partial charge < -0.3 is 10.1 Å². The third-order valence-electron chi connectivity index (χ3n) is 4.02. The molecule has 2 atom stereocenters. The standard InChI is InChI=1S/C16H23N3OS/c1-3-19-11-14(9-18-19)16-13(6-7-20-16)8-17-10-15-5-4-12(2)21-15/h4-5,9,11,13,16-17H,3,6-8,10H2,1-2H3/t13-,16+/m0/s1. The van der Waals surface area contributed by atoms with E-state index in [-0.39, 0.29) is 6.10 Å². The summed E-state index contributed by atoms with van der Waals surface area (Å²) in [6.07, 6.45) is 5.39. The molecule has 114 valence electrons. The van der Waals surface area contributed by atoms with Crippen LogP contribution in [0.3, 0.4) is 0 Å². The van der Waals surface area contributed by atoms with Crippen molar-refractivity contribution in [3.05, 3.63) is 39.8 Å². The van der Waals surface area contributed by atoms with Crippen molar-refractivity contribution in [1.29, 1.82) is 0 Å². The Bertz CT molecular complexity index is 578. The Morgan fingerprint density at radius 2 is 2.38 bits per heavy atom. The Labute approximate surface area is 130 Å². The van der Waals surface area contributed by atoms with Crippen molar-refractivity contribution in [3.63, 3.8) is 0 Å². The second-order valence-electron chi connectivity index (χ2n) is 5.61. The molecule has 1 saturated heterocycles. The highest BCUT2D eigenvalue weighted by molar-refractivity contribution is 7.11. The van der Waals surface area contributed by atoms with Gasteiger partial charge in [0.25, 0.3) is 0 Å². The summed E-state index contributed by atoms with van der Waals surface area (Å²) in [5, 5.41) is 7.94. The van der Waals surface area contributed by atoms with Gasteiger partial charge in [-0.1, -0.05) is 0 Å². The van der Waals surface area contributed by atoms with Gasteiger partial charge >= 0.3 is 0 Å². The first-order chi connectivity index (χ1) is 10.3. The van der Waals surface area contributed by atoms with Gasteiger partial charge in [-0.3, -0.25) is 4.68 Å². The van der Waals surface area contributed by atoms with E-state index in [1.54, 1.807) is 0 Å². The van der Waals surface area contributed by atoms with Crippen LogP contribution in [0, 0.1) is 12.8 Å². The van der Waals surface area contributed by atoms with Crippen LogP contribution in [0.2, 0.25) is 0 Å². The van der Waals surface area contributed by atoms with E-state index >= 15 is 0 Å². The Morgan fingerprint density at radius 3 is 3.10 bits per heavy atom. The Kier molecular flexibility index (Phi) is 4.73. The van der Waals surface area contributed by atoms with Crippen LogP contribution in [0.25, 0.3) is 0 Å². The van der Waals surface area contributed by atoms with E-state index in [0.717, 1.165) is 32.7 Å². The lowest BCUT2D eigenvalue weighted by Gasteiger charge is -2.17. The summed E-state index contributed by atoms with van der Waals surface area (Å²) in [6, 6.07) is 4.39. The van der Waals surface area contributed by atoms with Gasteiger partial charge in [0.1, 0.15) is 0 Å². The normalized spacial score (nSPS) is 22.0. The lowest BCUT2D eigenvalue weighted by molar-refractivity contribution is 0.0904. The molecule has 2 aromatic heterocycles. The second kappa shape index (κ2) is 6.73. The first kappa shape index (κ1) is 14.8. The maximum Gasteiger partial charge on any atom is 0.0896 e. The van der Waals surface area contributed by atoms with E-state index in [4.69, 9.17) is 4.74 Å². The van der Waals surface area contributed by atoms with Crippen molar-refractivity contribution in [2.45, 2.75) is 39.5 Å². The molecule has 1 aliphatic rings. The zero-order valence-corrected chi connectivity index (χ0v) is 13.5. The summed E-state index contributed by atoms with van der Waals surface area (Å²) in [5.41, 5.74) is 1.22. The molecule has 0 aliphatic carbocycles. The lowest BCUT2D eigenvalue weighted by atomic mass is 9.97. The lowest BCUT2D eigenvalue weighted by Crippen LogP contribution is -2.24. The van der Waals surface area contributed by atoms with Crippen LogP contribution in [0.5, 0.6) is 0 Å². The van der Waals surface area contributed by atoms with Crippen molar-refractivity contribution >= 4 is 11.3 Å². The fourth-order valence-corrected chi connectivity index (χ4v) is 3.73. The van der Waals surface area contributed by atoms with Crippen LogP contribution in [-0.2, 0) is 17.8 Å². The minimum absolute atomic E-state index is 0.197. The minimum Gasteiger partial charge on any atom is -0.373 e. The molecule has 0 radical (unpaired) electrons. The summed E-state index contributed by atoms with van der Waals surface area (Å²) < 4.78 is 7.89. The molecule has 0 aromatic carbocycles. The van der Waals surface area contributed by atoms with E-state index in [1.165, 1.54) is 15.3 Å². The zero-order valence-electron chi connectivity index (χ0n) is 12.7. The Hall–Kier alpha value is -1.17. The van der Waals surface area contributed by atoms with Crippen molar-refractivity contribution in [1.82, 2.24) is 15.1 Å². The summed E-state index contributed by atoms with van der Waals surface area (Å²) in [5.74, 6) is 0.542. The van der Waals surface area contributed by atoms with Gasteiger partial charge in [0.15, 0.2) is 0 Å². The predicted octanol–water partition coefficient (Wildman–Crippen LogP) is 3.14. The van der Waals surface area contributed by atoms with E-state index in [0.29, 0.717) is 5.92 Å². The van der Waals surface area contributed by atoms with E-state index in [9.17, 15) is 0 Å². The maximum absolute atomic E-state index is 5.93.